The van der Waals surface area contributed by atoms with Gasteiger partial charge in [0.15, 0.2) is 0 Å². The van der Waals surface area contributed by atoms with Gasteiger partial charge in [-0.15, -0.1) is 0 Å². The standard InChI is InChI=1S/C9H13N3O/c10-4-7-5-11-6-9(12-7)13-8-2-1-3-8/h5-6,8H,1-4,10H2. The predicted octanol–water partition coefficient (Wildman–Crippen LogP) is 0.867. The molecule has 1 aromatic heterocycles. The molecule has 0 aromatic carbocycles. The molecule has 4 heteroatoms. The van der Waals surface area contributed by atoms with E-state index < -0.39 is 0 Å². The molecule has 1 heterocycles. The third kappa shape index (κ3) is 1.95. The van der Waals surface area contributed by atoms with E-state index in [1.807, 2.05) is 0 Å². The first kappa shape index (κ1) is 8.44. The zero-order valence-corrected chi connectivity index (χ0v) is 7.44. The van der Waals surface area contributed by atoms with Crippen molar-refractivity contribution in [2.75, 3.05) is 0 Å². The Morgan fingerprint density at radius 1 is 1.46 bits per heavy atom. The van der Waals surface area contributed by atoms with E-state index in [2.05, 4.69) is 9.97 Å². The van der Waals surface area contributed by atoms with Crippen molar-refractivity contribution in [1.82, 2.24) is 9.97 Å². The molecular weight excluding hydrogens is 166 g/mol. The first-order valence-electron chi connectivity index (χ1n) is 4.56. The number of rotatable bonds is 3. The van der Waals surface area contributed by atoms with E-state index in [0.29, 0.717) is 18.5 Å². The highest BCUT2D eigenvalue weighted by Gasteiger charge is 2.19. The number of ether oxygens (including phenoxy) is 1. The molecule has 0 unspecified atom stereocenters. The van der Waals surface area contributed by atoms with Gasteiger partial charge < -0.3 is 10.5 Å². The van der Waals surface area contributed by atoms with E-state index in [0.717, 1.165) is 18.5 Å². The molecule has 0 saturated heterocycles. The zero-order chi connectivity index (χ0) is 9.10. The first-order valence-corrected chi connectivity index (χ1v) is 4.56. The van der Waals surface area contributed by atoms with E-state index in [-0.39, 0.29) is 0 Å². The van der Waals surface area contributed by atoms with Crippen molar-refractivity contribution in [2.45, 2.75) is 31.9 Å². The van der Waals surface area contributed by atoms with Crippen LogP contribution in [0.25, 0.3) is 0 Å². The Hall–Kier alpha value is -1.16. The van der Waals surface area contributed by atoms with Crippen LogP contribution in [0.1, 0.15) is 25.0 Å². The average Bonchev–Trinajstić information content (AvgIpc) is 2.12. The number of aromatic nitrogens is 2. The van der Waals surface area contributed by atoms with E-state index >= 15 is 0 Å². The van der Waals surface area contributed by atoms with Crippen LogP contribution < -0.4 is 10.5 Å². The molecule has 1 aromatic rings. The lowest BCUT2D eigenvalue weighted by atomic mass is 9.96. The maximum atomic E-state index is 5.56. The Morgan fingerprint density at radius 3 is 2.92 bits per heavy atom. The van der Waals surface area contributed by atoms with Crippen LogP contribution >= 0.6 is 0 Å². The first-order chi connectivity index (χ1) is 6.38. The Bertz CT molecular complexity index is 286. The topological polar surface area (TPSA) is 61.0 Å². The SMILES string of the molecule is NCc1cncc(OC2CCC2)n1. The summed E-state index contributed by atoms with van der Waals surface area (Å²) in [7, 11) is 0. The minimum Gasteiger partial charge on any atom is -0.473 e. The summed E-state index contributed by atoms with van der Waals surface area (Å²) in [4.78, 5) is 8.20. The van der Waals surface area contributed by atoms with Crippen molar-refractivity contribution in [3.63, 3.8) is 0 Å². The molecule has 2 rings (SSSR count). The van der Waals surface area contributed by atoms with Gasteiger partial charge in [-0.2, -0.15) is 0 Å². The summed E-state index contributed by atoms with van der Waals surface area (Å²) in [5.74, 6) is 0.604. The van der Waals surface area contributed by atoms with Crippen molar-refractivity contribution in [3.05, 3.63) is 18.1 Å². The summed E-state index contributed by atoms with van der Waals surface area (Å²) in [6, 6.07) is 0. The minimum absolute atomic E-state index is 0.349. The second kappa shape index (κ2) is 3.70. The largest absolute Gasteiger partial charge is 0.473 e. The van der Waals surface area contributed by atoms with Gasteiger partial charge in [0.25, 0.3) is 0 Å². The van der Waals surface area contributed by atoms with Gasteiger partial charge in [0, 0.05) is 12.7 Å². The molecule has 4 nitrogen and oxygen atoms in total. The van der Waals surface area contributed by atoms with Gasteiger partial charge in [-0.25, -0.2) is 4.98 Å². The fourth-order valence-corrected chi connectivity index (χ4v) is 1.20. The lowest BCUT2D eigenvalue weighted by Crippen LogP contribution is -2.25. The summed E-state index contributed by atoms with van der Waals surface area (Å²) in [5, 5.41) is 0. The minimum atomic E-state index is 0.349. The quantitative estimate of drug-likeness (QED) is 0.747. The van der Waals surface area contributed by atoms with E-state index in [9.17, 15) is 0 Å². The molecule has 13 heavy (non-hydrogen) atoms. The van der Waals surface area contributed by atoms with Crippen molar-refractivity contribution in [1.29, 1.82) is 0 Å². The van der Waals surface area contributed by atoms with Crippen LogP contribution in [-0.4, -0.2) is 16.1 Å². The molecule has 0 atom stereocenters. The number of hydrogen-bond donors (Lipinski definition) is 1. The van der Waals surface area contributed by atoms with Crippen LogP contribution in [0.3, 0.4) is 0 Å². The van der Waals surface area contributed by atoms with Gasteiger partial charge >= 0.3 is 0 Å². The number of nitrogens with zero attached hydrogens (tertiary/aromatic N) is 2. The Kier molecular flexibility index (Phi) is 2.40. The second-order valence-corrected chi connectivity index (χ2v) is 3.22. The summed E-state index contributed by atoms with van der Waals surface area (Å²) in [6.45, 7) is 0.412. The molecule has 0 bridgehead atoms. The molecule has 70 valence electrons. The van der Waals surface area contributed by atoms with Gasteiger partial charge in [0.05, 0.1) is 11.9 Å². The van der Waals surface area contributed by atoms with Crippen LogP contribution in [0.5, 0.6) is 5.88 Å². The van der Waals surface area contributed by atoms with Crippen LogP contribution in [0.15, 0.2) is 12.4 Å². The summed E-state index contributed by atoms with van der Waals surface area (Å²) < 4.78 is 5.56. The highest BCUT2D eigenvalue weighted by Crippen LogP contribution is 2.23. The normalized spacial score (nSPS) is 16.7. The number of hydrogen-bond acceptors (Lipinski definition) is 4. The summed E-state index contributed by atoms with van der Waals surface area (Å²) >= 11 is 0. The molecule has 0 aliphatic heterocycles. The van der Waals surface area contributed by atoms with Crippen LogP contribution in [0.4, 0.5) is 0 Å². The molecule has 0 amide bonds. The molecule has 2 N–H and O–H groups in total. The van der Waals surface area contributed by atoms with Crippen molar-refractivity contribution >= 4 is 0 Å². The molecule has 0 radical (unpaired) electrons. The second-order valence-electron chi connectivity index (χ2n) is 3.22. The third-order valence-corrected chi connectivity index (χ3v) is 2.21. The lowest BCUT2D eigenvalue weighted by molar-refractivity contribution is 0.114. The fraction of sp³-hybridized carbons (Fsp3) is 0.556. The van der Waals surface area contributed by atoms with Gasteiger partial charge in [0.1, 0.15) is 6.10 Å². The van der Waals surface area contributed by atoms with Gasteiger partial charge in [0.2, 0.25) is 5.88 Å². The average molecular weight is 179 g/mol. The highest BCUT2D eigenvalue weighted by atomic mass is 16.5. The molecule has 1 saturated carbocycles. The maximum absolute atomic E-state index is 5.56. The molecular formula is C9H13N3O. The van der Waals surface area contributed by atoms with Gasteiger partial charge in [-0.05, 0) is 19.3 Å². The van der Waals surface area contributed by atoms with Gasteiger partial charge in [-0.1, -0.05) is 0 Å². The zero-order valence-electron chi connectivity index (χ0n) is 7.44. The highest BCUT2D eigenvalue weighted by molar-refractivity contribution is 5.08. The van der Waals surface area contributed by atoms with E-state index in [1.54, 1.807) is 12.4 Å². The van der Waals surface area contributed by atoms with Crippen LogP contribution in [0.2, 0.25) is 0 Å². The fourth-order valence-electron chi connectivity index (χ4n) is 1.20. The molecule has 1 fully saturated rings. The van der Waals surface area contributed by atoms with Crippen molar-refractivity contribution in [3.8, 4) is 5.88 Å². The third-order valence-electron chi connectivity index (χ3n) is 2.21. The summed E-state index contributed by atoms with van der Waals surface area (Å²) in [5.41, 5.74) is 6.21. The maximum Gasteiger partial charge on any atom is 0.232 e. The van der Waals surface area contributed by atoms with E-state index in [1.165, 1.54) is 6.42 Å². The van der Waals surface area contributed by atoms with Gasteiger partial charge in [-0.3, -0.25) is 4.98 Å². The van der Waals surface area contributed by atoms with E-state index in [4.69, 9.17) is 10.5 Å². The monoisotopic (exact) mass is 179 g/mol. The number of nitrogens with two attached hydrogens (primary N) is 1. The predicted molar refractivity (Wildman–Crippen MR) is 48.2 cm³/mol. The Morgan fingerprint density at radius 2 is 2.31 bits per heavy atom. The lowest BCUT2D eigenvalue weighted by Gasteiger charge is -2.25. The smallest absolute Gasteiger partial charge is 0.232 e. The summed E-state index contributed by atoms with van der Waals surface area (Å²) in [6.07, 6.45) is 7.17. The molecule has 1 aliphatic rings. The molecule has 0 spiro atoms. The van der Waals surface area contributed by atoms with Crippen molar-refractivity contribution < 1.29 is 4.74 Å². The molecule has 1 aliphatic carbocycles. The van der Waals surface area contributed by atoms with Crippen molar-refractivity contribution in [2.24, 2.45) is 5.73 Å². The Labute approximate surface area is 77.1 Å². The van der Waals surface area contributed by atoms with Crippen LogP contribution in [0, 0.1) is 0 Å². The van der Waals surface area contributed by atoms with Crippen LogP contribution in [-0.2, 0) is 6.54 Å². The Balaban J connectivity index is 2.01.